The van der Waals surface area contributed by atoms with Crippen LogP contribution in [0.2, 0.25) is 0 Å². The lowest BCUT2D eigenvalue weighted by Crippen LogP contribution is -2.41. The van der Waals surface area contributed by atoms with Crippen LogP contribution in [-0.2, 0) is 25.6 Å². The van der Waals surface area contributed by atoms with Crippen LogP contribution in [0.1, 0.15) is 62.6 Å². The van der Waals surface area contributed by atoms with Crippen molar-refractivity contribution in [3.63, 3.8) is 0 Å². The highest BCUT2D eigenvalue weighted by atomic mass is 19.4. The molecule has 0 radical (unpaired) electrons. The van der Waals surface area contributed by atoms with Crippen LogP contribution in [0.3, 0.4) is 0 Å². The number of fused-ring (bicyclic) bond motifs is 4. The number of imide groups is 1. The van der Waals surface area contributed by atoms with Crippen molar-refractivity contribution in [1.82, 2.24) is 40.0 Å². The van der Waals surface area contributed by atoms with Crippen molar-refractivity contribution < 1.29 is 37.3 Å². The molecule has 8 rings (SSSR count). The lowest BCUT2D eigenvalue weighted by molar-refractivity contribution is -0.135. The van der Waals surface area contributed by atoms with Crippen molar-refractivity contribution in [3.8, 4) is 11.1 Å². The average Bonchev–Trinajstić information content (AvgIpc) is 3.82. The van der Waals surface area contributed by atoms with Gasteiger partial charge in [0.2, 0.25) is 17.8 Å². The molecule has 4 aromatic heterocycles. The molecule has 2 amide bonds. The van der Waals surface area contributed by atoms with Crippen LogP contribution in [0, 0.1) is 0 Å². The Morgan fingerprint density at radius 3 is 2.36 bits per heavy atom. The third kappa shape index (κ3) is 11.2. The summed E-state index contributed by atoms with van der Waals surface area (Å²) in [5, 5.41) is 28.3. The number of pyridine rings is 1. The predicted octanol–water partition coefficient (Wildman–Crippen LogP) is 6.24. The van der Waals surface area contributed by atoms with Crippen LogP contribution >= 0.6 is 0 Å². The van der Waals surface area contributed by atoms with Gasteiger partial charge in [-0.1, -0.05) is 24.3 Å². The highest BCUT2D eigenvalue weighted by molar-refractivity contribution is 6.09. The maximum absolute atomic E-state index is 12.8. The Balaban J connectivity index is 0.712. The number of hydrogen-bond donors (Lipinski definition) is 6. The molecule has 340 valence electrons. The van der Waals surface area contributed by atoms with E-state index in [1.807, 2.05) is 28.8 Å². The van der Waals surface area contributed by atoms with E-state index >= 15 is 0 Å². The van der Waals surface area contributed by atoms with E-state index in [1.165, 1.54) is 0 Å². The summed E-state index contributed by atoms with van der Waals surface area (Å²) >= 11 is 0. The fourth-order valence-electron chi connectivity index (χ4n) is 8.57. The van der Waals surface area contributed by atoms with Gasteiger partial charge in [-0.05, 0) is 73.6 Å². The molecule has 1 atom stereocenters. The number of nitrogens with one attached hydrogen (secondary N) is 5. The maximum Gasteiger partial charge on any atom is 0.390 e. The van der Waals surface area contributed by atoms with E-state index in [0.717, 1.165) is 82.2 Å². The minimum Gasteiger partial charge on any atom is -0.393 e. The zero-order valence-electron chi connectivity index (χ0n) is 35.6. The van der Waals surface area contributed by atoms with Gasteiger partial charge >= 0.3 is 6.18 Å². The highest BCUT2D eigenvalue weighted by Crippen LogP contribution is 2.38. The third-order valence-electron chi connectivity index (χ3n) is 11.8. The topological polar surface area (TPSA) is 182 Å². The number of rotatable bonds is 21. The first-order valence-electron chi connectivity index (χ1n) is 22.1. The van der Waals surface area contributed by atoms with Crippen LogP contribution in [-0.4, -0.2) is 112 Å². The molecule has 0 bridgehead atoms. The van der Waals surface area contributed by atoms with E-state index in [0.29, 0.717) is 70.8 Å². The SMILES string of the molecule is O=C1CCC(n2c3ccc(NCCOCCOCCNCCNCc4ccc(-c5cn([C@H]6CC[C@H](O)CC6)c6nc(NCCC(F)(F)F)ncc56)cc4)cc3c3cccnc32)C(=O)N1. The number of nitrogens with zero attached hydrogens (tertiary/aromatic N) is 5. The quantitative estimate of drug-likeness (QED) is 0.0354. The summed E-state index contributed by atoms with van der Waals surface area (Å²) < 4.78 is 53.8. The smallest absolute Gasteiger partial charge is 0.390 e. The summed E-state index contributed by atoms with van der Waals surface area (Å²) in [7, 11) is 0. The molecule has 2 aliphatic rings. The molecule has 2 aromatic carbocycles. The second-order valence-electron chi connectivity index (χ2n) is 16.4. The van der Waals surface area contributed by atoms with E-state index in [9.17, 15) is 27.9 Å². The lowest BCUT2D eigenvalue weighted by atomic mass is 9.93. The van der Waals surface area contributed by atoms with E-state index in [-0.39, 0.29) is 36.5 Å². The summed E-state index contributed by atoms with van der Waals surface area (Å²) in [5.74, 6) is -0.385. The summed E-state index contributed by atoms with van der Waals surface area (Å²) in [4.78, 5) is 38.1. The molecule has 1 unspecified atom stereocenters. The molecule has 0 spiro atoms. The maximum atomic E-state index is 12.8. The first-order valence-corrected chi connectivity index (χ1v) is 22.1. The Morgan fingerprint density at radius 1 is 0.797 bits per heavy atom. The molecule has 1 saturated heterocycles. The third-order valence-corrected chi connectivity index (χ3v) is 11.8. The van der Waals surface area contributed by atoms with Gasteiger partial charge in [0, 0.05) is 97.7 Å². The molecule has 5 heterocycles. The number of piperidine rings is 1. The number of alkyl halides is 3. The molecule has 1 aliphatic heterocycles. The number of anilines is 2. The fraction of sp³-hybridized carbons (Fsp3) is 0.457. The standard InChI is InChI=1S/C46H55F3N10O5/c47-46(48,49)15-17-54-45-55-28-37-38(29-58(43(37)57-45)33-8-10-34(60)11-9-33)31-5-3-30(4-6-31)27-51-19-18-50-20-22-63-24-25-64-23-21-52-32-7-12-39-36(26-32)35-2-1-16-53-42(35)59(39)40-13-14-41(61)56-44(40)62/h1-7,12,16,26,28-29,33-34,40,50-52,60H,8-11,13-15,17-25,27H2,(H,54,55,57)(H,56,61,62)/t33-,34-,40?. The Hall–Kier alpha value is -5.66. The number of benzene rings is 2. The zero-order valence-corrected chi connectivity index (χ0v) is 35.6. The number of halogens is 3. The second kappa shape index (κ2) is 20.9. The molecule has 2 fully saturated rings. The Morgan fingerprint density at radius 2 is 1.58 bits per heavy atom. The van der Waals surface area contributed by atoms with E-state index in [1.54, 1.807) is 12.4 Å². The van der Waals surface area contributed by atoms with Crippen LogP contribution in [0.5, 0.6) is 0 Å². The van der Waals surface area contributed by atoms with Gasteiger partial charge in [0.15, 0.2) is 0 Å². The number of carbonyl (C=O) groups excluding carboxylic acids is 2. The molecule has 1 saturated carbocycles. The minimum atomic E-state index is -4.27. The number of aliphatic hydroxyl groups excluding tert-OH is 1. The second-order valence-corrected chi connectivity index (χ2v) is 16.4. The summed E-state index contributed by atoms with van der Waals surface area (Å²) in [6.07, 6.45) is 3.60. The predicted molar refractivity (Wildman–Crippen MR) is 239 cm³/mol. The molecular weight excluding hydrogens is 830 g/mol. The molecule has 1 aliphatic carbocycles. The zero-order chi connectivity index (χ0) is 44.5. The first-order chi connectivity index (χ1) is 31.1. The molecule has 6 aromatic rings. The van der Waals surface area contributed by atoms with Crippen LogP contribution in [0.15, 0.2) is 73.2 Å². The van der Waals surface area contributed by atoms with Gasteiger partial charge in [-0.3, -0.25) is 14.9 Å². The lowest BCUT2D eigenvalue weighted by Gasteiger charge is -2.27. The highest BCUT2D eigenvalue weighted by Gasteiger charge is 2.31. The number of aromatic nitrogens is 5. The van der Waals surface area contributed by atoms with Crippen LogP contribution < -0.4 is 26.6 Å². The molecule has 18 heteroatoms. The van der Waals surface area contributed by atoms with Crippen molar-refractivity contribution in [2.24, 2.45) is 0 Å². The van der Waals surface area contributed by atoms with Gasteiger partial charge in [0.05, 0.1) is 44.5 Å². The van der Waals surface area contributed by atoms with E-state index in [4.69, 9.17) is 9.47 Å². The largest absolute Gasteiger partial charge is 0.393 e. The van der Waals surface area contributed by atoms with Gasteiger partial charge in [-0.25, -0.2) is 9.97 Å². The van der Waals surface area contributed by atoms with Crippen molar-refractivity contribution in [3.05, 3.63) is 78.8 Å². The monoisotopic (exact) mass is 884 g/mol. The van der Waals surface area contributed by atoms with Crippen LogP contribution in [0.4, 0.5) is 24.8 Å². The van der Waals surface area contributed by atoms with Crippen molar-refractivity contribution in [2.75, 3.05) is 69.8 Å². The Kier molecular flexibility index (Phi) is 14.7. The van der Waals surface area contributed by atoms with Gasteiger partial charge in [-0.2, -0.15) is 18.2 Å². The molecule has 64 heavy (non-hydrogen) atoms. The minimum absolute atomic E-state index is 0.127. The summed E-state index contributed by atoms with van der Waals surface area (Å²) in [5.41, 5.74) is 6.30. The van der Waals surface area contributed by atoms with Gasteiger partial charge in [0.25, 0.3) is 0 Å². The van der Waals surface area contributed by atoms with Crippen molar-refractivity contribution >= 4 is 56.4 Å². The van der Waals surface area contributed by atoms with Crippen molar-refractivity contribution in [1.29, 1.82) is 0 Å². The fourth-order valence-corrected chi connectivity index (χ4v) is 8.57. The summed E-state index contributed by atoms with van der Waals surface area (Å²) in [6.45, 7) is 5.37. The van der Waals surface area contributed by atoms with Gasteiger partial charge < -0.3 is 45.0 Å². The Labute approximate surface area is 368 Å². The first kappa shape index (κ1) is 44.9. The van der Waals surface area contributed by atoms with Gasteiger partial charge in [-0.15, -0.1) is 0 Å². The number of aliphatic hydroxyl groups is 1. The van der Waals surface area contributed by atoms with E-state index in [2.05, 4.69) is 82.6 Å². The number of amides is 2. The Bertz CT molecular complexity index is 2520. The molecular formula is C46H55F3N10O5. The molecule has 15 nitrogen and oxygen atoms in total. The molecule has 6 N–H and O–H groups in total. The normalized spacial score (nSPS) is 18.3. The number of carbonyl (C=O) groups is 2. The van der Waals surface area contributed by atoms with Crippen LogP contribution in [0.25, 0.3) is 44.1 Å². The van der Waals surface area contributed by atoms with E-state index < -0.39 is 18.6 Å². The number of hydrogen-bond acceptors (Lipinski definition) is 12. The van der Waals surface area contributed by atoms with Gasteiger partial charge in [0.1, 0.15) is 17.3 Å². The summed E-state index contributed by atoms with van der Waals surface area (Å²) in [6, 6.07) is 17.8. The number of ether oxygens (including phenoxy) is 2. The average molecular weight is 885 g/mol. The van der Waals surface area contributed by atoms with Crippen molar-refractivity contribution in [2.45, 2.75) is 75.9 Å².